The van der Waals surface area contributed by atoms with Gasteiger partial charge in [-0.15, -0.1) is 11.3 Å². The number of hydrogen-bond donors (Lipinski definition) is 0. The molecule has 1 aliphatic rings. The number of rotatable bonds is 2. The molecule has 20 heavy (non-hydrogen) atoms. The van der Waals surface area contributed by atoms with Gasteiger partial charge in [0.2, 0.25) is 5.90 Å². The number of cyclic esters (lactones) is 1. The molecule has 1 aliphatic heterocycles. The first-order valence-electron chi connectivity index (χ1n) is 5.65. The van der Waals surface area contributed by atoms with E-state index >= 15 is 0 Å². The molecule has 0 amide bonds. The molecular weight excluding hydrogens is 317 g/mol. The third kappa shape index (κ3) is 2.63. The normalized spacial score (nSPS) is 16.4. The topological polar surface area (TPSA) is 38.7 Å². The summed E-state index contributed by atoms with van der Waals surface area (Å²) >= 11 is 13.4. The molecule has 6 heteroatoms. The van der Waals surface area contributed by atoms with Gasteiger partial charge >= 0.3 is 5.97 Å². The van der Waals surface area contributed by atoms with Crippen LogP contribution in [0, 0.1) is 0 Å². The van der Waals surface area contributed by atoms with E-state index in [9.17, 15) is 4.79 Å². The van der Waals surface area contributed by atoms with Crippen LogP contribution in [0.5, 0.6) is 0 Å². The molecule has 3 rings (SSSR count). The molecule has 2 heterocycles. The second kappa shape index (κ2) is 5.40. The number of aliphatic imine (C=N–C) groups is 1. The van der Waals surface area contributed by atoms with Crippen molar-refractivity contribution in [1.29, 1.82) is 0 Å². The van der Waals surface area contributed by atoms with Crippen LogP contribution in [0.2, 0.25) is 10.0 Å². The van der Waals surface area contributed by atoms with Crippen LogP contribution in [-0.4, -0.2) is 11.9 Å². The predicted molar refractivity (Wildman–Crippen MR) is 81.4 cm³/mol. The van der Waals surface area contributed by atoms with E-state index in [-0.39, 0.29) is 5.70 Å². The number of halogens is 2. The SMILES string of the molecule is O=C1OC(c2cccs2)=NC1=Cc1ccc(Cl)cc1Cl. The zero-order valence-electron chi connectivity index (χ0n) is 9.97. The minimum atomic E-state index is -0.487. The highest BCUT2D eigenvalue weighted by Crippen LogP contribution is 2.26. The Morgan fingerprint density at radius 3 is 2.80 bits per heavy atom. The molecule has 1 aromatic heterocycles. The predicted octanol–water partition coefficient (Wildman–Crippen LogP) is 4.40. The van der Waals surface area contributed by atoms with E-state index in [1.54, 1.807) is 24.3 Å². The van der Waals surface area contributed by atoms with Gasteiger partial charge in [-0.05, 0) is 35.2 Å². The highest BCUT2D eigenvalue weighted by atomic mass is 35.5. The van der Waals surface area contributed by atoms with Crippen molar-refractivity contribution in [1.82, 2.24) is 0 Å². The zero-order chi connectivity index (χ0) is 14.1. The number of hydrogen-bond acceptors (Lipinski definition) is 4. The summed E-state index contributed by atoms with van der Waals surface area (Å²) in [6, 6.07) is 8.75. The van der Waals surface area contributed by atoms with Crippen LogP contribution in [-0.2, 0) is 9.53 Å². The minimum Gasteiger partial charge on any atom is -0.401 e. The summed E-state index contributed by atoms with van der Waals surface area (Å²) < 4.78 is 5.14. The van der Waals surface area contributed by atoms with E-state index in [0.29, 0.717) is 21.5 Å². The largest absolute Gasteiger partial charge is 0.401 e. The quantitative estimate of drug-likeness (QED) is 0.607. The van der Waals surface area contributed by atoms with Crippen LogP contribution in [0.25, 0.3) is 6.08 Å². The van der Waals surface area contributed by atoms with Crippen LogP contribution in [0.4, 0.5) is 0 Å². The van der Waals surface area contributed by atoms with Gasteiger partial charge in [-0.25, -0.2) is 9.79 Å². The van der Waals surface area contributed by atoms with Crippen molar-refractivity contribution in [2.75, 3.05) is 0 Å². The van der Waals surface area contributed by atoms with Crippen molar-refractivity contribution < 1.29 is 9.53 Å². The Balaban J connectivity index is 1.97. The maximum atomic E-state index is 11.8. The second-order valence-electron chi connectivity index (χ2n) is 3.98. The van der Waals surface area contributed by atoms with E-state index in [1.807, 2.05) is 17.5 Å². The minimum absolute atomic E-state index is 0.220. The van der Waals surface area contributed by atoms with Gasteiger partial charge in [-0.3, -0.25) is 0 Å². The van der Waals surface area contributed by atoms with Gasteiger partial charge in [0.1, 0.15) is 0 Å². The standard InChI is InChI=1S/C14H7Cl2NO2S/c15-9-4-3-8(10(16)7-9)6-11-14(18)19-13(17-11)12-2-1-5-20-12/h1-7H. The molecule has 0 fully saturated rings. The summed E-state index contributed by atoms with van der Waals surface area (Å²) in [7, 11) is 0. The Bertz CT molecular complexity index is 736. The number of esters is 1. The van der Waals surface area contributed by atoms with E-state index in [1.165, 1.54) is 11.3 Å². The van der Waals surface area contributed by atoms with Crippen molar-refractivity contribution in [3.63, 3.8) is 0 Å². The Morgan fingerprint density at radius 1 is 1.25 bits per heavy atom. The maximum Gasteiger partial charge on any atom is 0.363 e. The molecule has 3 nitrogen and oxygen atoms in total. The lowest BCUT2D eigenvalue weighted by Crippen LogP contribution is -2.03. The van der Waals surface area contributed by atoms with E-state index < -0.39 is 5.97 Å². The highest BCUT2D eigenvalue weighted by molar-refractivity contribution is 7.12. The summed E-state index contributed by atoms with van der Waals surface area (Å²) in [6.45, 7) is 0. The lowest BCUT2D eigenvalue weighted by Gasteiger charge is -1.98. The second-order valence-corrected chi connectivity index (χ2v) is 5.77. The molecule has 0 N–H and O–H groups in total. The first-order chi connectivity index (χ1) is 9.63. The van der Waals surface area contributed by atoms with Crippen molar-refractivity contribution in [3.8, 4) is 0 Å². The Kier molecular flexibility index (Phi) is 3.61. The average Bonchev–Trinajstić information content (AvgIpc) is 3.03. The lowest BCUT2D eigenvalue weighted by atomic mass is 10.2. The van der Waals surface area contributed by atoms with Gasteiger partial charge in [0.05, 0.1) is 4.88 Å². The molecule has 2 aromatic rings. The Hall–Kier alpha value is -1.62. The molecule has 0 radical (unpaired) electrons. The number of carbonyl (C=O) groups excluding carboxylic acids is 1. The lowest BCUT2D eigenvalue weighted by molar-refractivity contribution is -0.129. The first kappa shape index (κ1) is 13.4. The first-order valence-corrected chi connectivity index (χ1v) is 7.28. The van der Waals surface area contributed by atoms with Crippen LogP contribution in [0.1, 0.15) is 10.4 Å². The smallest absolute Gasteiger partial charge is 0.363 e. The summed E-state index contributed by atoms with van der Waals surface area (Å²) in [5, 5.41) is 2.88. The number of carbonyl (C=O) groups is 1. The van der Waals surface area contributed by atoms with Crippen LogP contribution in [0.15, 0.2) is 46.4 Å². The van der Waals surface area contributed by atoms with Crippen molar-refractivity contribution in [3.05, 3.63) is 61.9 Å². The van der Waals surface area contributed by atoms with Gasteiger partial charge in [-0.2, -0.15) is 0 Å². The molecule has 0 saturated heterocycles. The van der Waals surface area contributed by atoms with Crippen molar-refractivity contribution in [2.45, 2.75) is 0 Å². The summed E-state index contributed by atoms with van der Waals surface area (Å²) in [4.78, 5) is 16.8. The van der Waals surface area contributed by atoms with Gasteiger partial charge in [0.25, 0.3) is 0 Å². The average molecular weight is 324 g/mol. The molecule has 0 unspecified atom stereocenters. The third-order valence-electron chi connectivity index (χ3n) is 2.61. The van der Waals surface area contributed by atoms with Gasteiger partial charge in [0, 0.05) is 10.0 Å². The molecule has 0 aliphatic carbocycles. The van der Waals surface area contributed by atoms with Crippen molar-refractivity contribution in [2.24, 2.45) is 4.99 Å². The fraction of sp³-hybridized carbons (Fsp3) is 0. The number of ether oxygens (including phenoxy) is 1. The van der Waals surface area contributed by atoms with Crippen LogP contribution < -0.4 is 0 Å². The highest BCUT2D eigenvalue weighted by Gasteiger charge is 2.24. The monoisotopic (exact) mass is 323 g/mol. The van der Waals surface area contributed by atoms with E-state index in [2.05, 4.69) is 4.99 Å². The number of nitrogens with zero attached hydrogens (tertiary/aromatic N) is 1. The van der Waals surface area contributed by atoms with Gasteiger partial charge in [0.15, 0.2) is 5.70 Å². The molecule has 0 bridgehead atoms. The van der Waals surface area contributed by atoms with Gasteiger partial charge in [-0.1, -0.05) is 35.3 Å². The summed E-state index contributed by atoms with van der Waals surface area (Å²) in [5.74, 6) is -0.166. The molecule has 0 atom stereocenters. The van der Waals surface area contributed by atoms with Crippen LogP contribution >= 0.6 is 34.5 Å². The molecule has 0 spiro atoms. The molecule has 0 saturated carbocycles. The fourth-order valence-corrected chi connectivity index (χ4v) is 2.79. The van der Waals surface area contributed by atoms with Crippen LogP contribution in [0.3, 0.4) is 0 Å². The Labute approximate surface area is 129 Å². The van der Waals surface area contributed by atoms with E-state index in [0.717, 1.165) is 4.88 Å². The molecule has 100 valence electrons. The summed E-state index contributed by atoms with van der Waals surface area (Å²) in [5.41, 5.74) is 0.886. The number of thiophene rings is 1. The zero-order valence-corrected chi connectivity index (χ0v) is 12.3. The van der Waals surface area contributed by atoms with E-state index in [4.69, 9.17) is 27.9 Å². The maximum absolute atomic E-state index is 11.8. The van der Waals surface area contributed by atoms with Gasteiger partial charge < -0.3 is 4.74 Å². The Morgan fingerprint density at radius 2 is 2.10 bits per heavy atom. The molecule has 1 aromatic carbocycles. The third-order valence-corrected chi connectivity index (χ3v) is 4.03. The molecular formula is C14H7Cl2NO2S. The van der Waals surface area contributed by atoms with Crippen molar-refractivity contribution >= 4 is 52.5 Å². The number of benzene rings is 1. The summed E-state index contributed by atoms with van der Waals surface area (Å²) in [6.07, 6.45) is 1.58. The fourth-order valence-electron chi connectivity index (χ4n) is 1.68.